The fraction of sp³-hybridized carbons (Fsp3) is 0.889. The maximum absolute atomic E-state index is 6.56. The van der Waals surface area contributed by atoms with Crippen LogP contribution in [0.4, 0.5) is 0 Å². The quantitative estimate of drug-likeness (QED) is 0.721. The van der Waals surface area contributed by atoms with Crippen molar-refractivity contribution in [2.45, 2.75) is 96.3 Å². The van der Waals surface area contributed by atoms with Gasteiger partial charge in [-0.25, -0.2) is 0 Å². The highest BCUT2D eigenvalue weighted by Gasteiger charge is 2.68. The lowest BCUT2D eigenvalue weighted by molar-refractivity contribution is -0.230. The molecule has 1 aliphatic carbocycles. The van der Waals surface area contributed by atoms with Gasteiger partial charge in [-0.3, -0.25) is 0 Å². The Morgan fingerprint density at radius 2 is 1.78 bits per heavy atom. The molecule has 2 bridgehead atoms. The van der Waals surface area contributed by atoms with Gasteiger partial charge in [0, 0.05) is 11.8 Å². The lowest BCUT2D eigenvalue weighted by atomic mass is 9.61. The number of hydrogen-bond acceptors (Lipinski definition) is 4. The standard InChI is InChI=1S/C18H32O4Si/c1-16(2,3)20-13-8-9-14(22-23(5,6)7)18-10-11-19-15(21-18)12-17(13,18)4/h10-11,13-15H,8-9,12H2,1-7H3/t13-,14+,15+,17+,18-/m0/s1. The molecule has 0 aromatic rings. The van der Waals surface area contributed by atoms with Crippen molar-refractivity contribution in [2.24, 2.45) is 5.41 Å². The summed E-state index contributed by atoms with van der Waals surface area (Å²) in [6, 6.07) is 0. The van der Waals surface area contributed by atoms with Gasteiger partial charge < -0.3 is 18.6 Å². The lowest BCUT2D eigenvalue weighted by Crippen LogP contribution is -2.63. The number of ether oxygens (including phenoxy) is 3. The second-order valence-electron chi connectivity index (χ2n) is 9.42. The first-order valence-electron chi connectivity index (χ1n) is 8.82. The topological polar surface area (TPSA) is 36.9 Å². The first-order valence-corrected chi connectivity index (χ1v) is 12.2. The summed E-state index contributed by atoms with van der Waals surface area (Å²) in [5.41, 5.74) is -0.715. The number of rotatable bonds is 3. The first-order chi connectivity index (χ1) is 10.5. The van der Waals surface area contributed by atoms with Crippen LogP contribution in [0.3, 0.4) is 0 Å². The van der Waals surface area contributed by atoms with Gasteiger partial charge in [0.1, 0.15) is 5.60 Å². The molecular formula is C18H32O4Si. The molecule has 3 rings (SSSR count). The van der Waals surface area contributed by atoms with Crippen molar-refractivity contribution in [3.63, 3.8) is 0 Å². The van der Waals surface area contributed by atoms with Gasteiger partial charge in [-0.15, -0.1) is 0 Å². The van der Waals surface area contributed by atoms with E-state index in [4.69, 9.17) is 18.6 Å². The van der Waals surface area contributed by atoms with Gasteiger partial charge in [0.15, 0.2) is 8.32 Å². The molecule has 5 atom stereocenters. The minimum Gasteiger partial charge on any atom is -0.473 e. The summed E-state index contributed by atoms with van der Waals surface area (Å²) in [7, 11) is -1.66. The molecule has 2 heterocycles. The Bertz CT molecular complexity index is 492. The summed E-state index contributed by atoms with van der Waals surface area (Å²) < 4.78 is 25.1. The Morgan fingerprint density at radius 1 is 1.13 bits per heavy atom. The Labute approximate surface area is 141 Å². The van der Waals surface area contributed by atoms with Crippen molar-refractivity contribution in [3.8, 4) is 0 Å². The Morgan fingerprint density at radius 3 is 2.39 bits per heavy atom. The van der Waals surface area contributed by atoms with E-state index >= 15 is 0 Å². The zero-order valence-corrected chi connectivity index (χ0v) is 16.6. The van der Waals surface area contributed by atoms with Gasteiger partial charge in [-0.2, -0.15) is 0 Å². The van der Waals surface area contributed by atoms with E-state index in [1.165, 1.54) is 0 Å². The second-order valence-corrected chi connectivity index (χ2v) is 13.9. The van der Waals surface area contributed by atoms with Gasteiger partial charge in [0.2, 0.25) is 6.29 Å². The largest absolute Gasteiger partial charge is 0.473 e. The normalized spacial score (nSPS) is 43.2. The summed E-state index contributed by atoms with van der Waals surface area (Å²) in [6.45, 7) is 15.4. The molecule has 0 N–H and O–H groups in total. The zero-order chi connectivity index (χ0) is 17.1. The summed E-state index contributed by atoms with van der Waals surface area (Å²) in [6.07, 6.45) is 6.81. The van der Waals surface area contributed by atoms with Crippen molar-refractivity contribution in [3.05, 3.63) is 12.3 Å². The lowest BCUT2D eigenvalue weighted by Gasteiger charge is -2.54. The van der Waals surface area contributed by atoms with Gasteiger partial charge in [-0.05, 0) is 59.3 Å². The minimum absolute atomic E-state index is 0.0872. The third-order valence-electron chi connectivity index (χ3n) is 5.23. The fourth-order valence-corrected chi connectivity index (χ4v) is 5.54. The molecule has 132 valence electrons. The molecule has 0 unspecified atom stereocenters. The third-order valence-corrected chi connectivity index (χ3v) is 6.22. The van der Waals surface area contributed by atoms with Crippen molar-refractivity contribution >= 4 is 8.32 Å². The zero-order valence-electron chi connectivity index (χ0n) is 15.6. The number of fused-ring (bicyclic) bond motifs is 1. The highest BCUT2D eigenvalue weighted by Crippen LogP contribution is 2.60. The average Bonchev–Trinajstić information content (AvgIpc) is 2.58. The van der Waals surface area contributed by atoms with E-state index in [9.17, 15) is 0 Å². The molecule has 4 nitrogen and oxygen atoms in total. The van der Waals surface area contributed by atoms with Crippen LogP contribution in [0.2, 0.25) is 19.6 Å². The monoisotopic (exact) mass is 340 g/mol. The second kappa shape index (κ2) is 5.32. The molecule has 0 radical (unpaired) electrons. The van der Waals surface area contributed by atoms with Crippen LogP contribution in [0.25, 0.3) is 0 Å². The summed E-state index contributed by atoms with van der Waals surface area (Å²) in [5, 5.41) is 0. The summed E-state index contributed by atoms with van der Waals surface area (Å²) >= 11 is 0. The van der Waals surface area contributed by atoms with E-state index in [2.05, 4.69) is 53.4 Å². The molecule has 0 amide bonds. The third kappa shape index (κ3) is 3.01. The molecule has 0 aromatic heterocycles. The molecule has 1 saturated heterocycles. The van der Waals surface area contributed by atoms with Crippen molar-refractivity contribution in [2.75, 3.05) is 0 Å². The predicted molar refractivity (Wildman–Crippen MR) is 92.6 cm³/mol. The van der Waals surface area contributed by atoms with Crippen molar-refractivity contribution in [1.29, 1.82) is 0 Å². The smallest absolute Gasteiger partial charge is 0.200 e. The predicted octanol–water partition coefficient (Wildman–Crippen LogP) is 4.22. The maximum Gasteiger partial charge on any atom is 0.200 e. The first kappa shape index (κ1) is 17.5. The van der Waals surface area contributed by atoms with Gasteiger partial charge >= 0.3 is 0 Å². The molecule has 3 aliphatic rings. The molecule has 1 spiro atoms. The molecular weight excluding hydrogens is 308 g/mol. The van der Waals surface area contributed by atoms with Crippen LogP contribution in [0.15, 0.2) is 12.3 Å². The minimum atomic E-state index is -1.66. The Hall–Kier alpha value is -0.363. The van der Waals surface area contributed by atoms with Gasteiger partial charge in [0.25, 0.3) is 0 Å². The molecule has 2 aliphatic heterocycles. The van der Waals surface area contributed by atoms with E-state index in [-0.39, 0.29) is 29.5 Å². The Balaban J connectivity index is 1.96. The van der Waals surface area contributed by atoms with Crippen LogP contribution in [-0.2, 0) is 18.6 Å². The van der Waals surface area contributed by atoms with E-state index < -0.39 is 13.9 Å². The average molecular weight is 341 g/mol. The number of hydrogen-bond donors (Lipinski definition) is 0. The molecule has 5 heteroatoms. The van der Waals surface area contributed by atoms with Crippen LogP contribution < -0.4 is 0 Å². The van der Waals surface area contributed by atoms with Crippen molar-refractivity contribution < 1.29 is 18.6 Å². The van der Waals surface area contributed by atoms with E-state index in [0.717, 1.165) is 19.3 Å². The maximum atomic E-state index is 6.56. The highest BCUT2D eigenvalue weighted by molar-refractivity contribution is 6.69. The fourth-order valence-electron chi connectivity index (χ4n) is 4.39. The summed E-state index contributed by atoms with van der Waals surface area (Å²) in [4.78, 5) is 0. The van der Waals surface area contributed by atoms with E-state index in [0.29, 0.717) is 0 Å². The molecule has 1 saturated carbocycles. The molecule has 0 aromatic carbocycles. The van der Waals surface area contributed by atoms with Crippen LogP contribution in [0.1, 0.15) is 47.0 Å². The molecule has 23 heavy (non-hydrogen) atoms. The van der Waals surface area contributed by atoms with Crippen LogP contribution in [0, 0.1) is 5.41 Å². The van der Waals surface area contributed by atoms with E-state index in [1.54, 1.807) is 0 Å². The summed E-state index contributed by atoms with van der Waals surface area (Å²) in [5.74, 6) is 0. The SMILES string of the molecule is CC(C)(C)O[C@H]1CC[C@@H](O[Si](C)(C)C)[C@@]23C=CO[C@@H](C[C@]12C)O3. The van der Waals surface area contributed by atoms with Crippen LogP contribution in [-0.4, -0.2) is 38.0 Å². The highest BCUT2D eigenvalue weighted by atomic mass is 28.4. The van der Waals surface area contributed by atoms with Crippen LogP contribution in [0.5, 0.6) is 0 Å². The van der Waals surface area contributed by atoms with Gasteiger partial charge in [-0.1, -0.05) is 6.92 Å². The Kier molecular flexibility index (Phi) is 4.03. The molecule has 2 fully saturated rings. The van der Waals surface area contributed by atoms with Crippen LogP contribution >= 0.6 is 0 Å². The van der Waals surface area contributed by atoms with E-state index in [1.807, 2.05) is 6.26 Å². The van der Waals surface area contributed by atoms with Crippen molar-refractivity contribution in [1.82, 2.24) is 0 Å². The van der Waals surface area contributed by atoms with Gasteiger partial charge in [0.05, 0.1) is 24.1 Å².